The number of hydrogen-bond acceptors (Lipinski definition) is 4. The molecule has 0 fully saturated rings. The monoisotopic (exact) mass is 259 g/mol. The lowest BCUT2D eigenvalue weighted by molar-refractivity contribution is 0.0599. The van der Waals surface area contributed by atoms with Crippen LogP contribution in [0.4, 0.5) is 0 Å². The van der Waals surface area contributed by atoms with E-state index < -0.39 is 5.97 Å². The summed E-state index contributed by atoms with van der Waals surface area (Å²) in [5.74, 6) is 0.0943. The first kappa shape index (κ1) is 11.0. The molecule has 0 saturated carbocycles. The third-order valence-corrected chi connectivity index (χ3v) is 2.33. The fourth-order valence-electron chi connectivity index (χ4n) is 1.02. The van der Waals surface area contributed by atoms with E-state index in [1.807, 2.05) is 0 Å². The summed E-state index contributed by atoms with van der Waals surface area (Å²) < 4.78 is 10.2. The fraction of sp³-hybridized carbons (Fsp3) is 0.333. The molecule has 0 aliphatic heterocycles. The van der Waals surface area contributed by atoms with Crippen molar-refractivity contribution in [2.75, 3.05) is 14.2 Å². The molecular formula is C9H10BrNO3. The van der Waals surface area contributed by atoms with Crippen LogP contribution in [0.25, 0.3) is 0 Å². The van der Waals surface area contributed by atoms with Crippen LogP contribution >= 0.6 is 15.9 Å². The maximum Gasteiger partial charge on any atom is 0.339 e. The van der Waals surface area contributed by atoms with Crippen LogP contribution in [-0.4, -0.2) is 25.2 Å². The van der Waals surface area contributed by atoms with Crippen molar-refractivity contribution >= 4 is 21.9 Å². The molecule has 0 atom stereocenters. The standard InChI is InChI=1S/C9H10BrNO3/c1-5-6(9(12)14-3)4-7(13-2)8(10)11-5/h4H,1-3H3. The molecule has 1 aromatic heterocycles. The number of pyridine rings is 1. The van der Waals surface area contributed by atoms with Crippen molar-refractivity contribution in [2.45, 2.75) is 6.92 Å². The lowest BCUT2D eigenvalue weighted by atomic mass is 10.2. The zero-order chi connectivity index (χ0) is 10.7. The van der Waals surface area contributed by atoms with Crippen LogP contribution in [0.15, 0.2) is 10.7 Å². The summed E-state index contributed by atoms with van der Waals surface area (Å²) in [4.78, 5) is 15.4. The second-order valence-electron chi connectivity index (χ2n) is 2.61. The maximum absolute atomic E-state index is 11.3. The Labute approximate surface area is 90.4 Å². The Hall–Kier alpha value is -1.10. The molecule has 0 spiro atoms. The summed E-state index contributed by atoms with van der Waals surface area (Å²) in [5.41, 5.74) is 1.01. The number of methoxy groups -OCH3 is 2. The van der Waals surface area contributed by atoms with E-state index in [1.165, 1.54) is 14.2 Å². The highest BCUT2D eigenvalue weighted by atomic mass is 79.9. The van der Waals surface area contributed by atoms with Gasteiger partial charge in [0, 0.05) is 0 Å². The van der Waals surface area contributed by atoms with Gasteiger partial charge >= 0.3 is 5.97 Å². The van der Waals surface area contributed by atoms with Gasteiger partial charge in [0.1, 0.15) is 4.60 Å². The third-order valence-electron chi connectivity index (χ3n) is 1.76. The quantitative estimate of drug-likeness (QED) is 0.602. The fourth-order valence-corrected chi connectivity index (χ4v) is 1.56. The molecule has 76 valence electrons. The van der Waals surface area contributed by atoms with Gasteiger partial charge in [-0.2, -0.15) is 0 Å². The Morgan fingerprint density at radius 3 is 2.64 bits per heavy atom. The van der Waals surface area contributed by atoms with Crippen molar-refractivity contribution in [3.05, 3.63) is 21.9 Å². The smallest absolute Gasteiger partial charge is 0.339 e. The number of nitrogens with zero attached hydrogens (tertiary/aromatic N) is 1. The SMILES string of the molecule is COC(=O)c1cc(OC)c(Br)nc1C. The highest BCUT2D eigenvalue weighted by molar-refractivity contribution is 9.10. The first-order valence-electron chi connectivity index (χ1n) is 3.89. The van der Waals surface area contributed by atoms with Crippen LogP contribution in [0.2, 0.25) is 0 Å². The van der Waals surface area contributed by atoms with Gasteiger partial charge in [0.15, 0.2) is 5.75 Å². The van der Waals surface area contributed by atoms with E-state index in [-0.39, 0.29) is 0 Å². The second-order valence-corrected chi connectivity index (χ2v) is 3.36. The topological polar surface area (TPSA) is 48.4 Å². The van der Waals surface area contributed by atoms with Gasteiger partial charge in [0.25, 0.3) is 0 Å². The van der Waals surface area contributed by atoms with E-state index >= 15 is 0 Å². The number of aromatic nitrogens is 1. The van der Waals surface area contributed by atoms with Crippen molar-refractivity contribution in [1.82, 2.24) is 4.98 Å². The molecule has 0 N–H and O–H groups in total. The third kappa shape index (κ3) is 2.04. The molecule has 0 bridgehead atoms. The minimum absolute atomic E-state index is 0.410. The minimum Gasteiger partial charge on any atom is -0.494 e. The van der Waals surface area contributed by atoms with Crippen molar-refractivity contribution in [3.8, 4) is 5.75 Å². The summed E-state index contributed by atoms with van der Waals surface area (Å²) in [6.45, 7) is 1.73. The lowest BCUT2D eigenvalue weighted by Crippen LogP contribution is -2.06. The zero-order valence-electron chi connectivity index (χ0n) is 8.13. The molecular weight excluding hydrogens is 250 g/mol. The van der Waals surface area contributed by atoms with Gasteiger partial charge in [-0.3, -0.25) is 0 Å². The summed E-state index contributed by atoms with van der Waals surface area (Å²) >= 11 is 3.22. The molecule has 0 aliphatic carbocycles. The Kier molecular flexibility index (Phi) is 3.46. The molecule has 0 radical (unpaired) electrons. The van der Waals surface area contributed by atoms with Crippen LogP contribution in [0.5, 0.6) is 5.75 Å². The van der Waals surface area contributed by atoms with Gasteiger partial charge < -0.3 is 9.47 Å². The lowest BCUT2D eigenvalue weighted by Gasteiger charge is -2.07. The van der Waals surface area contributed by atoms with Crippen molar-refractivity contribution < 1.29 is 14.3 Å². The van der Waals surface area contributed by atoms with Crippen molar-refractivity contribution in [3.63, 3.8) is 0 Å². The van der Waals surface area contributed by atoms with E-state index in [4.69, 9.17) is 4.74 Å². The molecule has 0 aliphatic rings. The second kappa shape index (κ2) is 4.41. The van der Waals surface area contributed by atoms with Crippen molar-refractivity contribution in [1.29, 1.82) is 0 Å². The number of carbonyl (C=O) groups excluding carboxylic acids is 1. The molecule has 0 saturated heterocycles. The molecule has 14 heavy (non-hydrogen) atoms. The van der Waals surface area contributed by atoms with E-state index in [1.54, 1.807) is 13.0 Å². The molecule has 1 aromatic rings. The number of ether oxygens (including phenoxy) is 2. The number of aryl methyl sites for hydroxylation is 1. The summed E-state index contributed by atoms with van der Waals surface area (Å²) in [7, 11) is 2.84. The van der Waals surface area contributed by atoms with E-state index in [2.05, 4.69) is 25.7 Å². The average Bonchev–Trinajstić information content (AvgIpc) is 2.17. The summed E-state index contributed by atoms with van der Waals surface area (Å²) in [5, 5.41) is 0. The van der Waals surface area contributed by atoms with Crippen LogP contribution in [0, 0.1) is 6.92 Å². The normalized spacial score (nSPS) is 9.71. The molecule has 0 unspecified atom stereocenters. The molecule has 0 aromatic carbocycles. The first-order valence-corrected chi connectivity index (χ1v) is 4.69. The van der Waals surface area contributed by atoms with E-state index in [0.717, 1.165) is 0 Å². The van der Waals surface area contributed by atoms with Gasteiger partial charge in [-0.25, -0.2) is 9.78 Å². The number of esters is 1. The van der Waals surface area contributed by atoms with Crippen LogP contribution in [0.1, 0.15) is 16.1 Å². The highest BCUT2D eigenvalue weighted by Crippen LogP contribution is 2.25. The Bertz CT molecular complexity index is 365. The number of carbonyl (C=O) groups is 1. The number of rotatable bonds is 2. The summed E-state index contributed by atoms with van der Waals surface area (Å²) in [6.07, 6.45) is 0. The van der Waals surface area contributed by atoms with Gasteiger partial charge in [-0.05, 0) is 28.9 Å². The Balaban J connectivity index is 3.24. The molecule has 0 amide bonds. The highest BCUT2D eigenvalue weighted by Gasteiger charge is 2.14. The van der Waals surface area contributed by atoms with Gasteiger partial charge in [0.05, 0.1) is 25.5 Å². The number of halogens is 1. The van der Waals surface area contributed by atoms with E-state index in [9.17, 15) is 4.79 Å². The predicted octanol–water partition coefficient (Wildman–Crippen LogP) is 1.95. The number of hydrogen-bond donors (Lipinski definition) is 0. The van der Waals surface area contributed by atoms with Gasteiger partial charge in [-0.15, -0.1) is 0 Å². The largest absolute Gasteiger partial charge is 0.494 e. The zero-order valence-corrected chi connectivity index (χ0v) is 9.71. The average molecular weight is 260 g/mol. The molecule has 1 rings (SSSR count). The Morgan fingerprint density at radius 1 is 1.50 bits per heavy atom. The van der Waals surface area contributed by atoms with Crippen LogP contribution < -0.4 is 4.74 Å². The van der Waals surface area contributed by atoms with Crippen molar-refractivity contribution in [2.24, 2.45) is 0 Å². The van der Waals surface area contributed by atoms with Crippen LogP contribution in [0.3, 0.4) is 0 Å². The molecule has 4 nitrogen and oxygen atoms in total. The summed E-state index contributed by atoms with van der Waals surface area (Å²) in [6, 6.07) is 1.60. The maximum atomic E-state index is 11.3. The minimum atomic E-state index is -0.416. The Morgan fingerprint density at radius 2 is 2.14 bits per heavy atom. The molecule has 1 heterocycles. The van der Waals surface area contributed by atoms with E-state index in [0.29, 0.717) is 21.6 Å². The van der Waals surface area contributed by atoms with Crippen LogP contribution in [-0.2, 0) is 4.74 Å². The molecule has 5 heteroatoms. The predicted molar refractivity (Wildman–Crippen MR) is 54.6 cm³/mol. The van der Waals surface area contributed by atoms with Gasteiger partial charge in [0.2, 0.25) is 0 Å². The first-order chi connectivity index (χ1) is 6.60. The van der Waals surface area contributed by atoms with Gasteiger partial charge in [-0.1, -0.05) is 0 Å².